The summed E-state index contributed by atoms with van der Waals surface area (Å²) in [6.45, 7) is 3.16. The zero-order valence-electron chi connectivity index (χ0n) is 10.5. The van der Waals surface area contributed by atoms with Gasteiger partial charge in [-0.25, -0.2) is 4.79 Å². The molecule has 0 spiro atoms. The molecule has 0 saturated heterocycles. The fourth-order valence-electron chi connectivity index (χ4n) is 1.49. The minimum atomic E-state index is -0.908. The highest BCUT2D eigenvalue weighted by atomic mass is 16.6. The maximum Gasteiger partial charge on any atom is 0.342 e. The van der Waals surface area contributed by atoms with E-state index in [0.717, 1.165) is 12.1 Å². The number of rotatable bonds is 5. The molecule has 0 unspecified atom stereocenters. The number of nitro groups is 1. The van der Waals surface area contributed by atoms with Crippen molar-refractivity contribution in [3.05, 3.63) is 33.4 Å². The first-order valence-electron chi connectivity index (χ1n) is 5.64. The molecule has 19 heavy (non-hydrogen) atoms. The number of carbonyl (C=O) groups excluding carboxylic acids is 2. The van der Waals surface area contributed by atoms with Crippen LogP contribution in [0.2, 0.25) is 0 Å². The second-order valence-electron chi connectivity index (χ2n) is 3.64. The number of aromatic hydroxyl groups is 1. The summed E-state index contributed by atoms with van der Waals surface area (Å²) in [5.74, 6) is -1.99. The highest BCUT2D eigenvalue weighted by Crippen LogP contribution is 2.30. The summed E-state index contributed by atoms with van der Waals surface area (Å²) < 4.78 is 4.68. The number of Topliss-reactive ketones (excluding diaryl/α,β-unsaturated/α-hetero) is 1. The lowest BCUT2D eigenvalue weighted by atomic mass is 10.0. The first-order valence-corrected chi connectivity index (χ1v) is 5.64. The van der Waals surface area contributed by atoms with E-state index in [0.29, 0.717) is 0 Å². The molecule has 1 aromatic rings. The molecular weight excluding hydrogens is 254 g/mol. The predicted octanol–water partition coefficient (Wildman–Crippen LogP) is 2.07. The third-order valence-electron chi connectivity index (χ3n) is 2.42. The molecule has 1 N–H and O–H groups in total. The Kier molecular flexibility index (Phi) is 4.57. The molecule has 7 heteroatoms. The molecule has 1 aromatic carbocycles. The maximum absolute atomic E-state index is 11.6. The molecule has 0 radical (unpaired) electrons. The number of nitro benzene ring substituents is 1. The number of phenols is 1. The first-order chi connectivity index (χ1) is 8.92. The van der Waals surface area contributed by atoms with Crippen molar-refractivity contribution in [2.45, 2.75) is 20.3 Å². The van der Waals surface area contributed by atoms with Crippen LogP contribution in [0.15, 0.2) is 12.1 Å². The monoisotopic (exact) mass is 267 g/mol. The summed E-state index contributed by atoms with van der Waals surface area (Å²) in [5.41, 5.74) is -1.08. The van der Waals surface area contributed by atoms with Gasteiger partial charge >= 0.3 is 5.97 Å². The van der Waals surface area contributed by atoms with Crippen molar-refractivity contribution < 1.29 is 24.4 Å². The van der Waals surface area contributed by atoms with E-state index in [2.05, 4.69) is 4.74 Å². The van der Waals surface area contributed by atoms with Gasteiger partial charge in [0.2, 0.25) is 0 Å². The number of carbonyl (C=O) groups is 2. The van der Waals surface area contributed by atoms with Gasteiger partial charge in [-0.05, 0) is 6.92 Å². The van der Waals surface area contributed by atoms with Gasteiger partial charge in [0.15, 0.2) is 5.78 Å². The highest BCUT2D eigenvalue weighted by Gasteiger charge is 2.24. The fourth-order valence-corrected chi connectivity index (χ4v) is 1.49. The van der Waals surface area contributed by atoms with Crippen molar-refractivity contribution in [3.63, 3.8) is 0 Å². The van der Waals surface area contributed by atoms with Crippen LogP contribution in [-0.2, 0) is 4.74 Å². The quantitative estimate of drug-likeness (QED) is 0.378. The van der Waals surface area contributed by atoms with E-state index in [1.807, 2.05) is 0 Å². The topological polar surface area (TPSA) is 107 Å². The lowest BCUT2D eigenvalue weighted by molar-refractivity contribution is -0.384. The number of benzene rings is 1. The van der Waals surface area contributed by atoms with E-state index in [9.17, 15) is 24.8 Å². The van der Waals surface area contributed by atoms with Gasteiger partial charge in [-0.2, -0.15) is 0 Å². The Hall–Kier alpha value is -2.44. The fraction of sp³-hybridized carbons (Fsp3) is 0.333. The average Bonchev–Trinajstić information content (AvgIpc) is 2.38. The van der Waals surface area contributed by atoms with Gasteiger partial charge < -0.3 is 9.84 Å². The minimum absolute atomic E-state index is 0.0526. The molecule has 7 nitrogen and oxygen atoms in total. The van der Waals surface area contributed by atoms with Crippen molar-refractivity contribution in [2.75, 3.05) is 6.61 Å². The van der Waals surface area contributed by atoms with Gasteiger partial charge in [0.05, 0.1) is 17.1 Å². The lowest BCUT2D eigenvalue weighted by Gasteiger charge is -2.08. The molecule has 0 bridgehead atoms. The van der Waals surface area contributed by atoms with Gasteiger partial charge in [-0.3, -0.25) is 14.9 Å². The van der Waals surface area contributed by atoms with Crippen LogP contribution in [0.25, 0.3) is 0 Å². The second-order valence-corrected chi connectivity index (χ2v) is 3.64. The molecule has 0 fully saturated rings. The van der Waals surface area contributed by atoms with Crippen LogP contribution >= 0.6 is 0 Å². The minimum Gasteiger partial charge on any atom is -0.506 e. The van der Waals surface area contributed by atoms with E-state index in [1.165, 1.54) is 0 Å². The van der Waals surface area contributed by atoms with Gasteiger partial charge in [-0.1, -0.05) is 6.92 Å². The van der Waals surface area contributed by atoms with Crippen LogP contribution in [0.4, 0.5) is 5.69 Å². The van der Waals surface area contributed by atoms with Crippen LogP contribution in [-0.4, -0.2) is 28.4 Å². The van der Waals surface area contributed by atoms with Crippen LogP contribution in [0.1, 0.15) is 41.0 Å². The zero-order valence-corrected chi connectivity index (χ0v) is 10.5. The van der Waals surface area contributed by atoms with Crippen molar-refractivity contribution in [3.8, 4) is 5.75 Å². The Morgan fingerprint density at radius 1 is 1.32 bits per heavy atom. The molecule has 0 aromatic heterocycles. The first kappa shape index (κ1) is 14.6. The number of hydrogen-bond donors (Lipinski definition) is 1. The number of nitrogens with zero attached hydrogens (tertiary/aromatic N) is 1. The normalized spacial score (nSPS) is 10.0. The van der Waals surface area contributed by atoms with E-state index >= 15 is 0 Å². The molecule has 0 heterocycles. The Bertz CT molecular complexity index is 537. The Labute approximate surface area is 109 Å². The maximum atomic E-state index is 11.6. The van der Waals surface area contributed by atoms with Crippen LogP contribution in [0.3, 0.4) is 0 Å². The standard InChI is InChI=1S/C12H13NO6/c1-3-10(14)8-5-7(13(17)18)6-9(11(8)15)12(16)19-4-2/h5-6,15H,3-4H2,1-2H3. The van der Waals surface area contributed by atoms with Gasteiger partial charge in [0, 0.05) is 18.6 Å². The summed E-state index contributed by atoms with van der Waals surface area (Å²) in [6.07, 6.45) is 0.0526. The number of esters is 1. The summed E-state index contributed by atoms with van der Waals surface area (Å²) in [6, 6.07) is 1.84. The molecular formula is C12H13NO6. The van der Waals surface area contributed by atoms with Gasteiger partial charge in [-0.15, -0.1) is 0 Å². The number of ether oxygens (including phenoxy) is 1. The highest BCUT2D eigenvalue weighted by molar-refractivity contribution is 6.04. The van der Waals surface area contributed by atoms with Gasteiger partial charge in [0.25, 0.3) is 5.69 Å². The van der Waals surface area contributed by atoms with Gasteiger partial charge in [0.1, 0.15) is 11.3 Å². The smallest absolute Gasteiger partial charge is 0.342 e. The number of non-ortho nitro benzene ring substituents is 1. The summed E-state index contributed by atoms with van der Waals surface area (Å²) >= 11 is 0. The van der Waals surface area contributed by atoms with Crippen molar-refractivity contribution in [2.24, 2.45) is 0 Å². The molecule has 0 aliphatic heterocycles. The third-order valence-corrected chi connectivity index (χ3v) is 2.42. The van der Waals surface area contributed by atoms with E-state index < -0.39 is 28.1 Å². The van der Waals surface area contributed by atoms with Crippen LogP contribution in [0, 0.1) is 10.1 Å². The molecule has 0 aliphatic rings. The van der Waals surface area contributed by atoms with Crippen LogP contribution in [0.5, 0.6) is 5.75 Å². The summed E-state index contributed by atoms with van der Waals surface area (Å²) in [4.78, 5) is 33.2. The largest absolute Gasteiger partial charge is 0.506 e. The number of phenolic OH excluding ortho intramolecular Hbond substituents is 1. The van der Waals surface area contributed by atoms with E-state index in [1.54, 1.807) is 13.8 Å². The van der Waals surface area contributed by atoms with E-state index in [4.69, 9.17) is 0 Å². The predicted molar refractivity (Wildman–Crippen MR) is 65.3 cm³/mol. The average molecular weight is 267 g/mol. The molecule has 0 atom stereocenters. The van der Waals surface area contributed by atoms with Crippen LogP contribution < -0.4 is 0 Å². The Balaban J connectivity index is 3.45. The van der Waals surface area contributed by atoms with Crippen molar-refractivity contribution >= 4 is 17.4 Å². The molecule has 0 saturated carbocycles. The van der Waals surface area contributed by atoms with E-state index in [-0.39, 0.29) is 24.2 Å². The molecule has 0 amide bonds. The molecule has 1 rings (SSSR count). The summed E-state index contributed by atoms with van der Waals surface area (Å²) in [7, 11) is 0. The summed E-state index contributed by atoms with van der Waals surface area (Å²) in [5, 5.41) is 20.6. The lowest BCUT2D eigenvalue weighted by Crippen LogP contribution is -2.09. The van der Waals surface area contributed by atoms with Crippen molar-refractivity contribution in [1.82, 2.24) is 0 Å². The van der Waals surface area contributed by atoms with Crippen molar-refractivity contribution in [1.29, 1.82) is 0 Å². The molecule has 0 aliphatic carbocycles. The SMILES string of the molecule is CCOC(=O)c1cc([N+](=O)[O-])cc(C(=O)CC)c1O. The third kappa shape index (κ3) is 3.06. The second kappa shape index (κ2) is 5.94. The molecule has 102 valence electrons. The zero-order chi connectivity index (χ0) is 14.6. The number of hydrogen-bond acceptors (Lipinski definition) is 6. The Morgan fingerprint density at radius 2 is 1.89 bits per heavy atom. The Morgan fingerprint density at radius 3 is 2.37 bits per heavy atom. The number of ketones is 1.